The molecule has 126 valence electrons. The van der Waals surface area contributed by atoms with Gasteiger partial charge in [0.15, 0.2) is 0 Å². The first-order valence-corrected chi connectivity index (χ1v) is 7.62. The summed E-state index contributed by atoms with van der Waals surface area (Å²) in [4.78, 5) is 25.9. The summed E-state index contributed by atoms with van der Waals surface area (Å²) < 4.78 is 17.7. The van der Waals surface area contributed by atoms with Gasteiger partial charge in [0.1, 0.15) is 18.2 Å². The molecule has 1 fully saturated rings. The number of nitrogens with zero attached hydrogens (tertiary/aromatic N) is 1. The Labute approximate surface area is 137 Å². The molecule has 1 N–H and O–H groups in total. The van der Waals surface area contributed by atoms with Crippen LogP contribution in [0.25, 0.3) is 0 Å². The standard InChI is InChI=1S/C17H23NO5/c1-17(2,3)23-16(21)18-10-13(19)9-14(18)15(20)22-11-12-7-5-4-6-8-12/h4-8,13-14,19H,9-11H2,1-3H3/t13-,14-/m0/s1/i19D. The van der Waals surface area contributed by atoms with Crippen molar-refractivity contribution in [3.05, 3.63) is 35.9 Å². The number of esters is 1. The zero-order valence-electron chi connectivity index (χ0n) is 14.7. The summed E-state index contributed by atoms with van der Waals surface area (Å²) in [7, 11) is 0. The number of aliphatic hydroxyl groups is 1. The number of rotatable bonds is 4. The third-order valence-electron chi connectivity index (χ3n) is 3.39. The highest BCUT2D eigenvalue weighted by Gasteiger charge is 2.41. The summed E-state index contributed by atoms with van der Waals surface area (Å²) in [6, 6.07) is 8.49. The first-order chi connectivity index (χ1) is 11.3. The predicted octanol–water partition coefficient (Wildman–Crippen LogP) is 2.10. The van der Waals surface area contributed by atoms with E-state index in [2.05, 4.69) is 5.11 Å². The maximum Gasteiger partial charge on any atom is 0.411 e. The first-order valence-electron chi connectivity index (χ1n) is 8.03. The highest BCUT2D eigenvalue weighted by Crippen LogP contribution is 2.22. The molecular formula is C17H23NO5. The van der Waals surface area contributed by atoms with Crippen molar-refractivity contribution in [2.75, 3.05) is 6.54 Å². The molecule has 1 amide bonds. The number of ether oxygens (including phenoxy) is 2. The van der Waals surface area contributed by atoms with E-state index in [-0.39, 0.29) is 19.6 Å². The van der Waals surface area contributed by atoms with Crippen LogP contribution in [0.5, 0.6) is 0 Å². The van der Waals surface area contributed by atoms with Crippen LogP contribution in [-0.2, 0) is 20.9 Å². The van der Waals surface area contributed by atoms with E-state index in [0.29, 0.717) is 0 Å². The van der Waals surface area contributed by atoms with Crippen molar-refractivity contribution in [2.45, 2.75) is 51.5 Å². The number of likely N-dealkylation sites (tertiary alicyclic amines) is 1. The largest absolute Gasteiger partial charge is 0.459 e. The maximum atomic E-state index is 12.4. The molecule has 1 saturated heterocycles. The van der Waals surface area contributed by atoms with E-state index >= 15 is 0 Å². The van der Waals surface area contributed by atoms with Gasteiger partial charge in [0.05, 0.1) is 12.6 Å². The van der Waals surface area contributed by atoms with Gasteiger partial charge < -0.3 is 14.6 Å². The summed E-state index contributed by atoms with van der Waals surface area (Å²) in [6.07, 6.45) is -0.924. The molecular weight excluding hydrogens is 298 g/mol. The van der Waals surface area contributed by atoms with Crippen LogP contribution in [0, 0.1) is 0 Å². The number of carbonyl (C=O) groups excluding carboxylic acids is 2. The van der Waals surface area contributed by atoms with E-state index in [4.69, 9.17) is 10.9 Å². The molecule has 6 heteroatoms. The fourth-order valence-electron chi connectivity index (χ4n) is 2.37. The molecule has 0 aliphatic carbocycles. The van der Waals surface area contributed by atoms with Gasteiger partial charge in [-0.1, -0.05) is 30.3 Å². The van der Waals surface area contributed by atoms with Crippen LogP contribution >= 0.6 is 0 Å². The van der Waals surface area contributed by atoms with Gasteiger partial charge in [-0.2, -0.15) is 0 Å². The molecule has 0 saturated carbocycles. The van der Waals surface area contributed by atoms with Crippen molar-refractivity contribution in [2.24, 2.45) is 0 Å². The average molecular weight is 322 g/mol. The van der Waals surface area contributed by atoms with E-state index in [1.54, 1.807) is 20.8 Å². The summed E-state index contributed by atoms with van der Waals surface area (Å²) in [5.41, 5.74) is 0.191. The van der Waals surface area contributed by atoms with Crippen molar-refractivity contribution in [3.63, 3.8) is 0 Å². The lowest BCUT2D eigenvalue weighted by Gasteiger charge is -2.27. The van der Waals surface area contributed by atoms with Gasteiger partial charge in [0.25, 0.3) is 0 Å². The molecule has 0 unspecified atom stereocenters. The number of carbonyl (C=O) groups is 2. The van der Waals surface area contributed by atoms with Crippen LogP contribution in [0.4, 0.5) is 4.79 Å². The van der Waals surface area contributed by atoms with E-state index < -0.39 is 29.8 Å². The molecule has 2 rings (SSSR count). The topological polar surface area (TPSA) is 76.1 Å². The third kappa shape index (κ3) is 4.96. The average Bonchev–Trinajstić information content (AvgIpc) is 2.96. The van der Waals surface area contributed by atoms with Crippen LogP contribution in [0.15, 0.2) is 30.3 Å². The van der Waals surface area contributed by atoms with Crippen LogP contribution in [-0.4, -0.2) is 47.8 Å². The van der Waals surface area contributed by atoms with Gasteiger partial charge in [-0.05, 0) is 26.3 Å². The van der Waals surface area contributed by atoms with Gasteiger partial charge in [-0.3, -0.25) is 4.90 Å². The van der Waals surface area contributed by atoms with Gasteiger partial charge in [0, 0.05) is 6.42 Å². The molecule has 1 aromatic carbocycles. The van der Waals surface area contributed by atoms with Crippen molar-refractivity contribution in [3.8, 4) is 0 Å². The lowest BCUT2D eigenvalue weighted by Crippen LogP contribution is -2.44. The summed E-state index contributed by atoms with van der Waals surface area (Å²) in [5, 5.41) is 4.56. The van der Waals surface area contributed by atoms with E-state index in [9.17, 15) is 9.59 Å². The third-order valence-corrected chi connectivity index (χ3v) is 3.39. The number of benzene rings is 1. The summed E-state index contributed by atoms with van der Waals surface area (Å²) in [6.45, 7) is 5.51. The lowest BCUT2D eigenvalue weighted by molar-refractivity contribution is -0.150. The number of aliphatic hydroxyl groups excluding tert-OH is 1. The number of amides is 1. The Hall–Kier alpha value is -2.08. The van der Waals surface area contributed by atoms with E-state index in [1.807, 2.05) is 30.3 Å². The second kappa shape index (κ2) is 7.00. The normalized spacial score (nSPS) is 21.7. The quantitative estimate of drug-likeness (QED) is 0.859. The van der Waals surface area contributed by atoms with Gasteiger partial charge in [-0.25, -0.2) is 9.59 Å². The van der Waals surface area contributed by atoms with Crippen molar-refractivity contribution < 1.29 is 24.2 Å². The van der Waals surface area contributed by atoms with Crippen molar-refractivity contribution >= 4 is 12.1 Å². The molecule has 1 heterocycles. The Bertz CT molecular complexity index is 572. The molecule has 2 atom stereocenters. The Balaban J connectivity index is 2.01. The maximum absolute atomic E-state index is 12.4. The van der Waals surface area contributed by atoms with Crippen molar-refractivity contribution in [1.82, 2.24) is 4.90 Å². The molecule has 0 radical (unpaired) electrons. The highest BCUT2D eigenvalue weighted by molar-refractivity contribution is 5.82. The molecule has 0 aromatic heterocycles. The fraction of sp³-hybridized carbons (Fsp3) is 0.529. The molecule has 0 bridgehead atoms. The Morgan fingerprint density at radius 2 is 2.04 bits per heavy atom. The minimum absolute atomic E-state index is 0.128. The predicted molar refractivity (Wildman–Crippen MR) is 83.6 cm³/mol. The number of β-amino-alcohol motifs (C(OH)–C–C–N with tert-alkyl or cyclic N) is 1. The molecule has 1 aliphatic heterocycles. The van der Waals surface area contributed by atoms with Crippen LogP contribution in [0.3, 0.4) is 0 Å². The smallest absolute Gasteiger partial charge is 0.411 e. The summed E-state index contributed by atoms with van der Waals surface area (Å²) >= 11 is 0. The Morgan fingerprint density at radius 1 is 1.35 bits per heavy atom. The monoisotopic (exact) mass is 322 g/mol. The second-order valence-electron chi connectivity index (χ2n) is 6.60. The van der Waals surface area contributed by atoms with Crippen LogP contribution in [0.2, 0.25) is 0 Å². The SMILES string of the molecule is [2H]O[C@H]1C[C@@H](C(=O)OCc2ccccc2)N(C(=O)OC(C)(C)C)C1. The van der Waals surface area contributed by atoms with Gasteiger partial charge in [0.2, 0.25) is 1.43 Å². The van der Waals surface area contributed by atoms with Crippen LogP contribution in [0.1, 0.15) is 32.8 Å². The summed E-state index contributed by atoms with van der Waals surface area (Å²) in [5.74, 6) is -0.524. The molecule has 1 aromatic rings. The second-order valence-corrected chi connectivity index (χ2v) is 6.60. The van der Waals surface area contributed by atoms with Gasteiger partial charge in [-0.15, -0.1) is 0 Å². The van der Waals surface area contributed by atoms with Gasteiger partial charge >= 0.3 is 12.1 Å². The van der Waals surface area contributed by atoms with Crippen LogP contribution < -0.4 is 0 Å². The minimum Gasteiger partial charge on any atom is -0.459 e. The molecule has 0 spiro atoms. The first kappa shape index (κ1) is 15.8. The number of hydrogen-bond donors (Lipinski definition) is 1. The molecule has 23 heavy (non-hydrogen) atoms. The lowest BCUT2D eigenvalue weighted by atomic mass is 10.2. The zero-order valence-corrected chi connectivity index (χ0v) is 13.7. The Kier molecular flexibility index (Phi) is 4.81. The minimum atomic E-state index is -0.807. The fourth-order valence-corrected chi connectivity index (χ4v) is 2.37. The molecule has 1 aliphatic rings. The highest BCUT2D eigenvalue weighted by atomic mass is 16.6. The van der Waals surface area contributed by atoms with E-state index in [1.165, 1.54) is 4.90 Å². The number of hydrogen-bond acceptors (Lipinski definition) is 5. The zero-order chi connectivity index (χ0) is 17.7. The Morgan fingerprint density at radius 3 is 2.65 bits per heavy atom. The van der Waals surface area contributed by atoms with E-state index in [0.717, 1.165) is 5.56 Å². The molecule has 6 nitrogen and oxygen atoms in total. The van der Waals surface area contributed by atoms with Crippen molar-refractivity contribution in [1.29, 1.82) is 1.43 Å².